The largest absolute Gasteiger partial charge is 0.396 e. The van der Waals surface area contributed by atoms with E-state index in [1.807, 2.05) is 6.07 Å². The maximum Gasteiger partial charge on any atom is 0.0445 e. The second-order valence-electron chi connectivity index (χ2n) is 5.61. The molecule has 2 aromatic rings. The normalized spacial score (nSPS) is 14.1. The molecule has 0 radical (unpaired) electrons. The Morgan fingerprint density at radius 1 is 0.905 bits per heavy atom. The van der Waals surface area contributed by atoms with Crippen molar-refractivity contribution >= 4 is 0 Å². The molecule has 21 heavy (non-hydrogen) atoms. The van der Waals surface area contributed by atoms with Gasteiger partial charge in [0.05, 0.1) is 0 Å². The van der Waals surface area contributed by atoms with Gasteiger partial charge in [-0.3, -0.25) is 4.90 Å². The van der Waals surface area contributed by atoms with E-state index in [4.69, 9.17) is 0 Å². The molecule has 2 heteroatoms. The zero-order valence-electron chi connectivity index (χ0n) is 12.9. The topological polar surface area (TPSA) is 23.5 Å². The zero-order chi connectivity index (χ0) is 15.1. The summed E-state index contributed by atoms with van der Waals surface area (Å²) in [5, 5.41) is 9.28. The summed E-state index contributed by atoms with van der Waals surface area (Å²) in [4.78, 5) is 2.46. The fraction of sp³-hybridized carbons (Fsp3) is 0.368. The monoisotopic (exact) mass is 283 g/mol. The minimum atomic E-state index is 0.230. The molecule has 2 atom stereocenters. The summed E-state index contributed by atoms with van der Waals surface area (Å²) >= 11 is 0. The molecule has 0 aliphatic rings. The standard InChI is InChI=1S/C19H25NO/c1-16(13-14-21)20(15-18-9-5-3-6-10-18)17(2)19-11-7-4-8-12-19/h3-12,16-17,21H,13-15H2,1-2H3. The maximum absolute atomic E-state index is 9.28. The van der Waals surface area contributed by atoms with Gasteiger partial charge < -0.3 is 5.11 Å². The average molecular weight is 283 g/mol. The molecule has 0 spiro atoms. The summed E-state index contributed by atoms with van der Waals surface area (Å²) in [5.41, 5.74) is 2.63. The number of hydrogen-bond acceptors (Lipinski definition) is 2. The molecule has 0 amide bonds. The van der Waals surface area contributed by atoms with E-state index in [1.54, 1.807) is 0 Å². The van der Waals surface area contributed by atoms with E-state index >= 15 is 0 Å². The van der Waals surface area contributed by atoms with Crippen molar-refractivity contribution in [2.24, 2.45) is 0 Å². The van der Waals surface area contributed by atoms with Crippen molar-refractivity contribution in [2.75, 3.05) is 6.61 Å². The number of aliphatic hydroxyl groups excluding tert-OH is 1. The molecule has 2 unspecified atom stereocenters. The molecule has 0 bridgehead atoms. The SMILES string of the molecule is CC(CCO)N(Cc1ccccc1)C(C)c1ccccc1. The van der Waals surface area contributed by atoms with Crippen LogP contribution in [0.4, 0.5) is 0 Å². The van der Waals surface area contributed by atoms with E-state index in [1.165, 1.54) is 11.1 Å². The van der Waals surface area contributed by atoms with Crippen molar-refractivity contribution in [2.45, 2.75) is 38.9 Å². The van der Waals surface area contributed by atoms with Crippen LogP contribution >= 0.6 is 0 Å². The first-order valence-corrected chi connectivity index (χ1v) is 7.68. The van der Waals surface area contributed by atoms with E-state index in [0.717, 1.165) is 13.0 Å². The Balaban J connectivity index is 2.19. The van der Waals surface area contributed by atoms with Crippen LogP contribution in [-0.2, 0) is 6.54 Å². The number of aliphatic hydroxyl groups is 1. The number of nitrogens with zero attached hydrogens (tertiary/aromatic N) is 1. The van der Waals surface area contributed by atoms with Gasteiger partial charge in [-0.2, -0.15) is 0 Å². The smallest absolute Gasteiger partial charge is 0.0445 e. The van der Waals surface area contributed by atoms with Crippen LogP contribution in [0.25, 0.3) is 0 Å². The molecular weight excluding hydrogens is 258 g/mol. The quantitative estimate of drug-likeness (QED) is 0.829. The first-order valence-electron chi connectivity index (χ1n) is 7.68. The Morgan fingerprint density at radius 3 is 2.05 bits per heavy atom. The first-order chi connectivity index (χ1) is 10.2. The lowest BCUT2D eigenvalue weighted by Gasteiger charge is -2.35. The molecule has 112 valence electrons. The van der Waals surface area contributed by atoms with Gasteiger partial charge >= 0.3 is 0 Å². The molecule has 0 aromatic heterocycles. The molecular formula is C19H25NO. The van der Waals surface area contributed by atoms with Crippen molar-refractivity contribution in [3.05, 3.63) is 71.8 Å². The summed E-state index contributed by atoms with van der Waals surface area (Å²) in [6.07, 6.45) is 0.796. The van der Waals surface area contributed by atoms with Gasteiger partial charge in [0, 0.05) is 25.2 Å². The van der Waals surface area contributed by atoms with Crippen molar-refractivity contribution < 1.29 is 5.11 Å². The Kier molecular flexibility index (Phi) is 5.97. The van der Waals surface area contributed by atoms with Crippen LogP contribution in [0.1, 0.15) is 37.4 Å². The molecule has 2 nitrogen and oxygen atoms in total. The van der Waals surface area contributed by atoms with Crippen LogP contribution in [0.5, 0.6) is 0 Å². The first kappa shape index (κ1) is 15.7. The number of hydrogen-bond donors (Lipinski definition) is 1. The number of rotatable bonds is 7. The van der Waals surface area contributed by atoms with E-state index < -0.39 is 0 Å². The molecule has 0 heterocycles. The van der Waals surface area contributed by atoms with Crippen LogP contribution in [0.2, 0.25) is 0 Å². The van der Waals surface area contributed by atoms with Crippen LogP contribution in [-0.4, -0.2) is 22.7 Å². The fourth-order valence-electron chi connectivity index (χ4n) is 2.74. The van der Waals surface area contributed by atoms with Gasteiger partial charge in [0.15, 0.2) is 0 Å². The molecule has 0 aliphatic heterocycles. The highest BCUT2D eigenvalue weighted by atomic mass is 16.3. The lowest BCUT2D eigenvalue weighted by molar-refractivity contribution is 0.119. The van der Waals surface area contributed by atoms with Crippen molar-refractivity contribution in [1.82, 2.24) is 4.90 Å². The average Bonchev–Trinajstić information content (AvgIpc) is 2.54. The summed E-state index contributed by atoms with van der Waals surface area (Å²) in [7, 11) is 0. The third kappa shape index (κ3) is 4.42. The molecule has 1 N–H and O–H groups in total. The van der Waals surface area contributed by atoms with Crippen LogP contribution in [0, 0.1) is 0 Å². The second-order valence-corrected chi connectivity index (χ2v) is 5.61. The Hall–Kier alpha value is -1.64. The summed E-state index contributed by atoms with van der Waals surface area (Å²) in [6, 6.07) is 21.8. The van der Waals surface area contributed by atoms with Crippen molar-refractivity contribution in [3.63, 3.8) is 0 Å². The molecule has 0 saturated carbocycles. The summed E-state index contributed by atoms with van der Waals surface area (Å²) < 4.78 is 0. The third-order valence-corrected chi connectivity index (χ3v) is 4.10. The molecule has 0 aliphatic carbocycles. The predicted octanol–water partition coefficient (Wildman–Crippen LogP) is 4.02. The molecule has 0 fully saturated rings. The molecule has 0 saturated heterocycles. The third-order valence-electron chi connectivity index (χ3n) is 4.10. The van der Waals surface area contributed by atoms with Crippen LogP contribution in [0.3, 0.4) is 0 Å². The Labute approximate surface area is 128 Å². The highest BCUT2D eigenvalue weighted by Crippen LogP contribution is 2.25. The van der Waals surface area contributed by atoms with Crippen LogP contribution in [0.15, 0.2) is 60.7 Å². The maximum atomic E-state index is 9.28. The summed E-state index contributed by atoms with van der Waals surface area (Å²) in [6.45, 7) is 5.57. The number of benzene rings is 2. The van der Waals surface area contributed by atoms with E-state index in [0.29, 0.717) is 12.1 Å². The van der Waals surface area contributed by atoms with E-state index in [2.05, 4.69) is 73.3 Å². The minimum Gasteiger partial charge on any atom is -0.396 e. The van der Waals surface area contributed by atoms with Crippen molar-refractivity contribution in [1.29, 1.82) is 0 Å². The fourth-order valence-corrected chi connectivity index (χ4v) is 2.74. The van der Waals surface area contributed by atoms with Gasteiger partial charge in [-0.15, -0.1) is 0 Å². The lowest BCUT2D eigenvalue weighted by atomic mass is 10.0. The van der Waals surface area contributed by atoms with E-state index in [-0.39, 0.29) is 6.61 Å². The van der Waals surface area contributed by atoms with Gasteiger partial charge in [0.2, 0.25) is 0 Å². The Morgan fingerprint density at radius 2 is 1.48 bits per heavy atom. The van der Waals surface area contributed by atoms with Gasteiger partial charge in [-0.05, 0) is 31.4 Å². The zero-order valence-corrected chi connectivity index (χ0v) is 12.9. The van der Waals surface area contributed by atoms with Gasteiger partial charge in [0.1, 0.15) is 0 Å². The highest BCUT2D eigenvalue weighted by molar-refractivity contribution is 5.20. The molecule has 2 aromatic carbocycles. The Bertz CT molecular complexity index is 512. The predicted molar refractivity (Wildman–Crippen MR) is 88.0 cm³/mol. The van der Waals surface area contributed by atoms with Gasteiger partial charge in [-0.25, -0.2) is 0 Å². The lowest BCUT2D eigenvalue weighted by Crippen LogP contribution is -2.35. The van der Waals surface area contributed by atoms with Gasteiger partial charge in [-0.1, -0.05) is 60.7 Å². The van der Waals surface area contributed by atoms with Gasteiger partial charge in [0.25, 0.3) is 0 Å². The summed E-state index contributed by atoms with van der Waals surface area (Å²) in [5.74, 6) is 0. The minimum absolute atomic E-state index is 0.230. The van der Waals surface area contributed by atoms with Crippen LogP contribution < -0.4 is 0 Å². The second kappa shape index (κ2) is 7.96. The molecule has 2 rings (SSSR count). The van der Waals surface area contributed by atoms with Crippen molar-refractivity contribution in [3.8, 4) is 0 Å². The van der Waals surface area contributed by atoms with E-state index in [9.17, 15) is 5.11 Å². The highest BCUT2D eigenvalue weighted by Gasteiger charge is 2.21.